The highest BCUT2D eigenvalue weighted by atomic mass is 16.5. The van der Waals surface area contributed by atoms with Gasteiger partial charge in [0, 0.05) is 12.8 Å². The van der Waals surface area contributed by atoms with Crippen molar-refractivity contribution in [3.8, 4) is 0 Å². The second kappa shape index (κ2) is 7.58. The molecule has 0 atom stereocenters. The summed E-state index contributed by atoms with van der Waals surface area (Å²) in [5, 5.41) is 5.30. The van der Waals surface area contributed by atoms with E-state index < -0.39 is 0 Å². The lowest BCUT2D eigenvalue weighted by Gasteiger charge is -1.98. The molecule has 0 saturated carbocycles. The van der Waals surface area contributed by atoms with Crippen LogP contribution >= 0.6 is 0 Å². The molecule has 0 spiro atoms. The van der Waals surface area contributed by atoms with E-state index in [4.69, 9.17) is 11.1 Å². The minimum atomic E-state index is -0.134. The van der Waals surface area contributed by atoms with Gasteiger partial charge in [-0.1, -0.05) is 12.8 Å². The van der Waals surface area contributed by atoms with Gasteiger partial charge in [0.2, 0.25) is 5.84 Å². The first-order valence-corrected chi connectivity index (χ1v) is 4.60. The first-order chi connectivity index (χ1) is 6.16. The minimum absolute atomic E-state index is 0.134. The third-order valence-corrected chi connectivity index (χ3v) is 1.82. The zero-order valence-electron chi connectivity index (χ0n) is 8.21. The molecule has 0 aliphatic heterocycles. The van der Waals surface area contributed by atoms with Crippen molar-refractivity contribution in [2.75, 3.05) is 7.11 Å². The number of carbonyl (C=O) groups is 1. The van der Waals surface area contributed by atoms with Crippen LogP contribution in [0.2, 0.25) is 0 Å². The van der Waals surface area contributed by atoms with Gasteiger partial charge in [0.25, 0.3) is 0 Å². The lowest BCUT2D eigenvalue weighted by molar-refractivity contribution is -0.140. The second-order valence-corrected chi connectivity index (χ2v) is 3.07. The first kappa shape index (κ1) is 11.9. The molecule has 13 heavy (non-hydrogen) atoms. The van der Waals surface area contributed by atoms with Crippen LogP contribution in [0.25, 0.3) is 0 Å². The van der Waals surface area contributed by atoms with Crippen molar-refractivity contribution in [1.29, 1.82) is 0 Å². The van der Waals surface area contributed by atoms with E-state index in [1.807, 2.05) is 0 Å². The average Bonchev–Trinajstić information content (AvgIpc) is 2.10. The molecule has 0 heterocycles. The molecule has 4 heteroatoms. The number of nitrogens with two attached hydrogens (primary N) is 2. The fourth-order valence-electron chi connectivity index (χ4n) is 1.05. The fourth-order valence-corrected chi connectivity index (χ4v) is 1.05. The van der Waals surface area contributed by atoms with Crippen molar-refractivity contribution < 1.29 is 14.9 Å². The van der Waals surface area contributed by atoms with Gasteiger partial charge >= 0.3 is 5.97 Å². The molecule has 0 aliphatic rings. The molecule has 0 aliphatic carbocycles. The van der Waals surface area contributed by atoms with E-state index in [-0.39, 0.29) is 5.97 Å². The van der Waals surface area contributed by atoms with E-state index >= 15 is 0 Å². The number of ether oxygens (including phenoxy) is 1. The average molecular weight is 187 g/mol. The Bertz CT molecular complexity index is 169. The van der Waals surface area contributed by atoms with Crippen LogP contribution in [0.3, 0.4) is 0 Å². The maximum absolute atomic E-state index is 10.7. The van der Waals surface area contributed by atoms with Gasteiger partial charge in [-0.25, -0.2) is 0 Å². The summed E-state index contributed by atoms with van der Waals surface area (Å²) in [4.78, 5) is 10.7. The number of rotatable bonds is 7. The van der Waals surface area contributed by atoms with Gasteiger partial charge in [-0.3, -0.25) is 15.9 Å². The van der Waals surface area contributed by atoms with Gasteiger partial charge in [0.05, 0.1) is 7.11 Å². The zero-order valence-corrected chi connectivity index (χ0v) is 8.21. The molecule has 0 rings (SSSR count). The van der Waals surface area contributed by atoms with Gasteiger partial charge in [-0.05, 0) is 12.8 Å². The van der Waals surface area contributed by atoms with E-state index in [0.717, 1.165) is 32.1 Å². The van der Waals surface area contributed by atoms with Gasteiger partial charge < -0.3 is 4.74 Å². The largest absolute Gasteiger partial charge is 0.469 e. The van der Waals surface area contributed by atoms with Gasteiger partial charge in [0.15, 0.2) is 0 Å². The molecule has 0 radical (unpaired) electrons. The summed E-state index contributed by atoms with van der Waals surface area (Å²) in [6.45, 7) is 0. The number of hydrogen-bond donors (Lipinski definition) is 2. The Morgan fingerprint density at radius 2 is 1.77 bits per heavy atom. The van der Waals surface area contributed by atoms with Crippen LogP contribution in [0.15, 0.2) is 0 Å². The summed E-state index contributed by atoms with van der Waals surface area (Å²) in [5.74, 6) is 0.359. The number of methoxy groups -OCH3 is 1. The van der Waals surface area contributed by atoms with Crippen molar-refractivity contribution in [3.05, 3.63) is 0 Å². The summed E-state index contributed by atoms with van der Waals surface area (Å²) in [6.07, 6.45) is 5.27. The van der Waals surface area contributed by atoms with Crippen molar-refractivity contribution in [1.82, 2.24) is 0 Å². The van der Waals surface area contributed by atoms with Crippen molar-refractivity contribution in [2.24, 2.45) is 5.73 Å². The molecule has 4 nitrogen and oxygen atoms in total. The standard InChI is InChI=1S/C9H18N2O2/c1-13-9(12)7-5-3-2-4-6-8(10)11/h2-7H2,1H3,(H3,10,11)/p+1. The molecule has 0 unspecified atom stereocenters. The van der Waals surface area contributed by atoms with E-state index in [1.165, 1.54) is 7.11 Å². The van der Waals surface area contributed by atoms with E-state index in [0.29, 0.717) is 12.3 Å². The Morgan fingerprint density at radius 1 is 1.23 bits per heavy atom. The normalized spacial score (nSPS) is 9.62. The molecule has 0 bridgehead atoms. The summed E-state index contributed by atoms with van der Waals surface area (Å²) >= 11 is 0. The lowest BCUT2D eigenvalue weighted by Crippen LogP contribution is -2.45. The Morgan fingerprint density at radius 3 is 2.23 bits per heavy atom. The predicted molar refractivity (Wildman–Crippen MR) is 50.8 cm³/mol. The maximum atomic E-state index is 10.7. The van der Waals surface area contributed by atoms with Crippen LogP contribution in [0.4, 0.5) is 0 Å². The number of esters is 1. The van der Waals surface area contributed by atoms with E-state index in [9.17, 15) is 4.79 Å². The Hall–Kier alpha value is -1.06. The highest BCUT2D eigenvalue weighted by molar-refractivity contribution is 5.73. The monoisotopic (exact) mass is 187 g/mol. The van der Waals surface area contributed by atoms with Gasteiger partial charge in [-0.2, -0.15) is 0 Å². The number of hydrogen-bond acceptors (Lipinski definition) is 2. The van der Waals surface area contributed by atoms with Crippen LogP contribution in [0.5, 0.6) is 0 Å². The maximum Gasteiger partial charge on any atom is 0.305 e. The molecular weight excluding hydrogens is 168 g/mol. The quantitative estimate of drug-likeness (QED) is 0.247. The lowest BCUT2D eigenvalue weighted by atomic mass is 10.1. The van der Waals surface area contributed by atoms with Crippen LogP contribution in [0, 0.1) is 0 Å². The SMILES string of the molecule is COC(=O)CCCCCCC(N)=[NH2+]. The molecular formula is C9H19N2O2+. The highest BCUT2D eigenvalue weighted by Crippen LogP contribution is 2.05. The minimum Gasteiger partial charge on any atom is -0.469 e. The molecule has 76 valence electrons. The van der Waals surface area contributed by atoms with Crippen LogP contribution in [-0.4, -0.2) is 18.9 Å². The molecule has 0 fully saturated rings. The summed E-state index contributed by atoms with van der Waals surface area (Å²) < 4.78 is 4.51. The molecule has 0 aromatic heterocycles. The highest BCUT2D eigenvalue weighted by Gasteiger charge is 2.00. The summed E-state index contributed by atoms with van der Waals surface area (Å²) in [7, 11) is 1.41. The molecule has 4 N–H and O–H groups in total. The van der Waals surface area contributed by atoms with Gasteiger partial charge in [-0.15, -0.1) is 0 Å². The van der Waals surface area contributed by atoms with Gasteiger partial charge in [0.1, 0.15) is 0 Å². The number of unbranched alkanes of at least 4 members (excludes halogenated alkanes) is 3. The smallest absolute Gasteiger partial charge is 0.305 e. The van der Waals surface area contributed by atoms with Crippen molar-refractivity contribution in [3.63, 3.8) is 0 Å². The zero-order chi connectivity index (χ0) is 10.1. The third-order valence-electron chi connectivity index (χ3n) is 1.82. The number of carbonyl (C=O) groups excluding carboxylic acids is 1. The second-order valence-electron chi connectivity index (χ2n) is 3.07. The predicted octanol–water partition coefficient (Wildman–Crippen LogP) is -0.384. The van der Waals surface area contributed by atoms with Crippen LogP contribution in [-0.2, 0) is 9.53 Å². The van der Waals surface area contributed by atoms with Crippen molar-refractivity contribution in [2.45, 2.75) is 38.5 Å². The topological polar surface area (TPSA) is 77.9 Å². The van der Waals surface area contributed by atoms with Crippen molar-refractivity contribution >= 4 is 11.8 Å². The molecule has 0 aromatic carbocycles. The summed E-state index contributed by atoms with van der Waals surface area (Å²) in [5.41, 5.74) is 5.30. The summed E-state index contributed by atoms with van der Waals surface area (Å²) in [6, 6.07) is 0. The van der Waals surface area contributed by atoms with Crippen LogP contribution < -0.4 is 11.1 Å². The Balaban J connectivity index is 3.08. The molecule has 0 amide bonds. The van der Waals surface area contributed by atoms with E-state index in [1.54, 1.807) is 0 Å². The molecule has 0 aromatic rings. The van der Waals surface area contributed by atoms with Crippen LogP contribution in [0.1, 0.15) is 38.5 Å². The Kier molecular flexibility index (Phi) is 6.96. The fraction of sp³-hybridized carbons (Fsp3) is 0.778. The number of amidine groups is 1. The molecule has 0 saturated heterocycles. The van der Waals surface area contributed by atoms with E-state index in [2.05, 4.69) is 4.74 Å². The Labute approximate surface area is 79.0 Å². The third kappa shape index (κ3) is 8.85. The first-order valence-electron chi connectivity index (χ1n) is 4.60.